The van der Waals surface area contributed by atoms with Gasteiger partial charge in [-0.05, 0) is 43.6 Å². The Labute approximate surface area is 122 Å². The quantitative estimate of drug-likeness (QED) is 0.873. The first-order valence-electron chi connectivity index (χ1n) is 8.17. The molecule has 2 saturated heterocycles. The minimum atomic E-state index is 0.263. The van der Waals surface area contributed by atoms with Crippen molar-refractivity contribution in [1.82, 2.24) is 5.32 Å². The van der Waals surface area contributed by atoms with E-state index in [0.29, 0.717) is 24.1 Å². The van der Waals surface area contributed by atoms with Crippen LogP contribution in [0.1, 0.15) is 57.6 Å². The average Bonchev–Trinajstić information content (AvgIpc) is 2.78. The van der Waals surface area contributed by atoms with Crippen LogP contribution in [0, 0.1) is 5.92 Å². The second-order valence-corrected chi connectivity index (χ2v) is 6.90. The van der Waals surface area contributed by atoms with E-state index in [-0.39, 0.29) is 6.10 Å². The van der Waals surface area contributed by atoms with E-state index in [2.05, 4.69) is 49.5 Å². The third-order valence-electron chi connectivity index (χ3n) is 4.64. The number of piperidine rings is 1. The van der Waals surface area contributed by atoms with Gasteiger partial charge in [0, 0.05) is 12.1 Å². The van der Waals surface area contributed by atoms with Crippen LogP contribution in [0.2, 0.25) is 0 Å². The van der Waals surface area contributed by atoms with Crippen LogP contribution < -0.4 is 5.32 Å². The fourth-order valence-electron chi connectivity index (χ4n) is 3.71. The van der Waals surface area contributed by atoms with Crippen LogP contribution >= 0.6 is 0 Å². The van der Waals surface area contributed by atoms with E-state index in [0.717, 1.165) is 6.42 Å². The van der Waals surface area contributed by atoms with Crippen molar-refractivity contribution in [3.63, 3.8) is 0 Å². The first-order chi connectivity index (χ1) is 9.70. The highest BCUT2D eigenvalue weighted by molar-refractivity contribution is 5.17. The molecule has 4 atom stereocenters. The Morgan fingerprint density at radius 1 is 1.10 bits per heavy atom. The molecule has 0 aliphatic carbocycles. The molecule has 0 aromatic heterocycles. The molecule has 20 heavy (non-hydrogen) atoms. The van der Waals surface area contributed by atoms with Gasteiger partial charge >= 0.3 is 0 Å². The Balaban J connectivity index is 1.67. The molecule has 1 aromatic rings. The molecule has 0 saturated carbocycles. The molecule has 2 heteroatoms. The van der Waals surface area contributed by atoms with Gasteiger partial charge in [0.05, 0.1) is 12.2 Å². The summed E-state index contributed by atoms with van der Waals surface area (Å²) < 4.78 is 6.53. The molecule has 3 rings (SSSR count). The van der Waals surface area contributed by atoms with Gasteiger partial charge in [-0.3, -0.25) is 0 Å². The summed E-state index contributed by atoms with van der Waals surface area (Å²) in [6.45, 7) is 4.57. The van der Waals surface area contributed by atoms with Crippen molar-refractivity contribution in [1.29, 1.82) is 0 Å². The molecule has 0 amide bonds. The smallest absolute Gasteiger partial charge is 0.0831 e. The standard InChI is InChI=1S/C18H27NO/c1-13(2)10-18(14-6-4-3-5-7-14)20-17-11-15-8-9-16(12-17)19-15/h3-7,13,15-19H,8-12H2,1-2H3/t15-,16+,17?,18?. The van der Waals surface area contributed by atoms with Crippen LogP contribution in [0.3, 0.4) is 0 Å². The monoisotopic (exact) mass is 273 g/mol. The molecule has 2 nitrogen and oxygen atoms in total. The van der Waals surface area contributed by atoms with Crippen molar-refractivity contribution in [2.75, 3.05) is 0 Å². The second kappa shape index (κ2) is 6.28. The maximum Gasteiger partial charge on any atom is 0.0831 e. The van der Waals surface area contributed by atoms with Crippen molar-refractivity contribution in [2.45, 2.75) is 70.2 Å². The molecule has 2 aliphatic heterocycles. The molecule has 2 fully saturated rings. The van der Waals surface area contributed by atoms with Gasteiger partial charge in [0.2, 0.25) is 0 Å². The zero-order valence-electron chi connectivity index (χ0n) is 12.7. The summed E-state index contributed by atoms with van der Waals surface area (Å²) in [4.78, 5) is 0. The van der Waals surface area contributed by atoms with Crippen LogP contribution in [-0.4, -0.2) is 18.2 Å². The van der Waals surface area contributed by atoms with Crippen LogP contribution in [0.15, 0.2) is 30.3 Å². The topological polar surface area (TPSA) is 21.3 Å². The summed E-state index contributed by atoms with van der Waals surface area (Å²) in [5.74, 6) is 0.665. The molecule has 0 radical (unpaired) electrons. The van der Waals surface area contributed by atoms with E-state index < -0.39 is 0 Å². The minimum Gasteiger partial charge on any atom is -0.370 e. The van der Waals surface area contributed by atoms with Gasteiger partial charge in [0.25, 0.3) is 0 Å². The predicted molar refractivity (Wildman–Crippen MR) is 82.7 cm³/mol. The van der Waals surface area contributed by atoms with Crippen molar-refractivity contribution in [2.24, 2.45) is 5.92 Å². The van der Waals surface area contributed by atoms with Crippen molar-refractivity contribution >= 4 is 0 Å². The summed E-state index contributed by atoms with van der Waals surface area (Å²) in [6, 6.07) is 12.2. The van der Waals surface area contributed by atoms with Gasteiger partial charge in [-0.15, -0.1) is 0 Å². The van der Waals surface area contributed by atoms with Gasteiger partial charge < -0.3 is 10.1 Å². The summed E-state index contributed by atoms with van der Waals surface area (Å²) >= 11 is 0. The van der Waals surface area contributed by atoms with Crippen LogP contribution in [0.25, 0.3) is 0 Å². The first-order valence-corrected chi connectivity index (χ1v) is 8.17. The Morgan fingerprint density at radius 2 is 1.75 bits per heavy atom. The molecule has 1 aromatic carbocycles. The molecular weight excluding hydrogens is 246 g/mol. The van der Waals surface area contributed by atoms with Crippen LogP contribution in [0.4, 0.5) is 0 Å². The van der Waals surface area contributed by atoms with E-state index in [9.17, 15) is 0 Å². The number of ether oxygens (including phenoxy) is 1. The summed E-state index contributed by atoms with van der Waals surface area (Å²) in [7, 11) is 0. The molecule has 2 bridgehead atoms. The van der Waals surface area contributed by atoms with E-state index in [4.69, 9.17) is 4.74 Å². The minimum absolute atomic E-state index is 0.263. The zero-order valence-corrected chi connectivity index (χ0v) is 12.7. The molecule has 1 N–H and O–H groups in total. The lowest BCUT2D eigenvalue weighted by Gasteiger charge is -2.33. The Bertz CT molecular complexity index is 405. The number of benzene rings is 1. The number of fused-ring (bicyclic) bond motifs is 2. The van der Waals surface area contributed by atoms with E-state index in [1.54, 1.807) is 0 Å². The van der Waals surface area contributed by atoms with E-state index >= 15 is 0 Å². The lowest BCUT2D eigenvalue weighted by atomic mass is 9.97. The fourth-order valence-corrected chi connectivity index (χ4v) is 3.71. The summed E-state index contributed by atoms with van der Waals surface area (Å²) in [6.07, 6.45) is 6.88. The summed E-state index contributed by atoms with van der Waals surface area (Å²) in [5.41, 5.74) is 1.34. The molecular formula is C18H27NO. The van der Waals surface area contributed by atoms with Crippen molar-refractivity contribution < 1.29 is 4.74 Å². The normalized spacial score (nSPS) is 30.6. The number of rotatable bonds is 5. The fraction of sp³-hybridized carbons (Fsp3) is 0.667. The largest absolute Gasteiger partial charge is 0.370 e. The zero-order chi connectivity index (χ0) is 13.9. The molecule has 0 spiro atoms. The second-order valence-electron chi connectivity index (χ2n) is 6.90. The van der Waals surface area contributed by atoms with Gasteiger partial charge in [0.1, 0.15) is 0 Å². The van der Waals surface area contributed by atoms with Gasteiger partial charge in [-0.1, -0.05) is 44.2 Å². The SMILES string of the molecule is CC(C)CC(OC1C[C@H]2CC[C@@H](C1)N2)c1ccccc1. The first kappa shape index (κ1) is 14.1. The predicted octanol–water partition coefficient (Wildman–Crippen LogP) is 4.07. The Kier molecular flexibility index (Phi) is 4.42. The lowest BCUT2D eigenvalue weighted by molar-refractivity contribution is -0.0453. The Hall–Kier alpha value is -0.860. The third-order valence-corrected chi connectivity index (χ3v) is 4.64. The number of hydrogen-bond acceptors (Lipinski definition) is 2. The van der Waals surface area contributed by atoms with E-state index in [1.165, 1.54) is 31.2 Å². The maximum absolute atomic E-state index is 6.53. The number of nitrogens with one attached hydrogen (secondary N) is 1. The Morgan fingerprint density at radius 3 is 2.35 bits per heavy atom. The van der Waals surface area contributed by atoms with Crippen LogP contribution in [0.5, 0.6) is 0 Å². The third kappa shape index (κ3) is 3.42. The van der Waals surface area contributed by atoms with E-state index in [1.807, 2.05) is 0 Å². The average molecular weight is 273 g/mol. The molecule has 110 valence electrons. The van der Waals surface area contributed by atoms with Gasteiger partial charge in [-0.25, -0.2) is 0 Å². The molecule has 2 unspecified atom stereocenters. The van der Waals surface area contributed by atoms with Gasteiger partial charge in [-0.2, -0.15) is 0 Å². The number of hydrogen-bond donors (Lipinski definition) is 1. The lowest BCUT2D eigenvalue weighted by Crippen LogP contribution is -2.41. The van der Waals surface area contributed by atoms with Crippen LogP contribution in [-0.2, 0) is 4.74 Å². The highest BCUT2D eigenvalue weighted by Gasteiger charge is 2.35. The maximum atomic E-state index is 6.53. The highest BCUT2D eigenvalue weighted by Crippen LogP contribution is 2.34. The molecule has 2 aliphatic rings. The van der Waals surface area contributed by atoms with Gasteiger partial charge in [0.15, 0.2) is 0 Å². The highest BCUT2D eigenvalue weighted by atomic mass is 16.5. The van der Waals surface area contributed by atoms with Crippen molar-refractivity contribution in [3.05, 3.63) is 35.9 Å². The molecule has 2 heterocycles. The van der Waals surface area contributed by atoms with Crippen molar-refractivity contribution in [3.8, 4) is 0 Å². The summed E-state index contributed by atoms with van der Waals surface area (Å²) in [5, 5.41) is 3.69.